The molecule has 1 saturated heterocycles. The summed E-state index contributed by atoms with van der Waals surface area (Å²) < 4.78 is 84.5. The van der Waals surface area contributed by atoms with Crippen LogP contribution in [0.25, 0.3) is 0 Å². The van der Waals surface area contributed by atoms with E-state index in [2.05, 4.69) is 9.71 Å². The molecule has 0 aromatic carbocycles. The molecule has 4 aliphatic rings. The minimum atomic E-state index is -4.57. The van der Waals surface area contributed by atoms with Gasteiger partial charge in [0.25, 0.3) is 0 Å². The van der Waals surface area contributed by atoms with Crippen molar-refractivity contribution in [3.8, 4) is 5.88 Å². The quantitative estimate of drug-likeness (QED) is 0.563. The number of halogens is 3. The fourth-order valence-corrected chi connectivity index (χ4v) is 6.30. The van der Waals surface area contributed by atoms with E-state index in [-0.39, 0.29) is 50.3 Å². The molecule has 11 nitrogen and oxygen atoms in total. The van der Waals surface area contributed by atoms with Gasteiger partial charge in [0.2, 0.25) is 21.8 Å². The van der Waals surface area contributed by atoms with E-state index in [9.17, 15) is 31.2 Å². The molecule has 0 unspecified atom stereocenters. The number of nitrogens with two attached hydrogens (primary N) is 1. The standard InChI is InChI=1S/C23H31F3N4O7S/c1-38(33,34)29-17-10-14(11-19(27)31)30-18(17)12-37-15-4-2-13(3-5-15)21-16(23(24,25)26)6-7-20(28-21)35-8-9-36-22(30)32/h6-7,13-15,17-18,29H,2-5,8-12H2,1H3,(H2,27,31)/t13?,14-,15?,17-,18-/m0/s1. The molecule has 3 N–H and O–H groups in total. The molecule has 2 fully saturated rings. The zero-order valence-corrected chi connectivity index (χ0v) is 21.6. The third kappa shape index (κ3) is 6.86. The zero-order valence-electron chi connectivity index (χ0n) is 20.8. The van der Waals surface area contributed by atoms with Crippen LogP contribution in [0.2, 0.25) is 0 Å². The highest BCUT2D eigenvalue weighted by atomic mass is 32.2. The number of nitrogens with one attached hydrogen (secondary N) is 1. The predicted molar refractivity (Wildman–Crippen MR) is 127 cm³/mol. The van der Waals surface area contributed by atoms with E-state index in [4.69, 9.17) is 19.9 Å². The van der Waals surface area contributed by atoms with Crippen molar-refractivity contribution in [1.82, 2.24) is 14.6 Å². The highest BCUT2D eigenvalue weighted by Gasteiger charge is 2.47. The molecule has 1 aliphatic carbocycles. The highest BCUT2D eigenvalue weighted by Crippen LogP contribution is 2.41. The molecule has 38 heavy (non-hydrogen) atoms. The second-order valence-corrected chi connectivity index (χ2v) is 11.7. The number of carbonyl (C=O) groups excluding carboxylic acids is 2. The van der Waals surface area contributed by atoms with Crippen molar-refractivity contribution in [2.45, 2.75) is 74.8 Å². The first kappa shape index (κ1) is 28.4. The summed E-state index contributed by atoms with van der Waals surface area (Å²) in [4.78, 5) is 30.3. The van der Waals surface area contributed by atoms with Gasteiger partial charge in [-0.1, -0.05) is 0 Å². The number of alkyl halides is 3. The lowest BCUT2D eigenvalue weighted by atomic mass is 9.83. The Balaban J connectivity index is 1.61. The van der Waals surface area contributed by atoms with Gasteiger partial charge >= 0.3 is 12.3 Å². The molecule has 212 valence electrons. The summed E-state index contributed by atoms with van der Waals surface area (Å²) in [5.74, 6) is -1.12. The molecule has 3 aliphatic heterocycles. The van der Waals surface area contributed by atoms with Crippen molar-refractivity contribution in [3.05, 3.63) is 23.4 Å². The average Bonchev–Trinajstić information content (AvgIpc) is 3.13. The molecule has 1 saturated carbocycles. The van der Waals surface area contributed by atoms with E-state index in [1.807, 2.05) is 0 Å². The summed E-state index contributed by atoms with van der Waals surface area (Å²) in [7, 11) is -3.67. The first-order valence-electron chi connectivity index (χ1n) is 12.3. The zero-order chi connectivity index (χ0) is 27.7. The number of fused-ring (bicyclic) bond motifs is 7. The van der Waals surface area contributed by atoms with Crippen LogP contribution in [0.1, 0.15) is 55.7 Å². The largest absolute Gasteiger partial charge is 0.474 e. The van der Waals surface area contributed by atoms with Crippen LogP contribution in [0.4, 0.5) is 18.0 Å². The summed E-state index contributed by atoms with van der Waals surface area (Å²) in [5, 5.41) is 0. The number of sulfonamides is 1. The molecule has 4 heterocycles. The lowest BCUT2D eigenvalue weighted by Crippen LogP contribution is -2.51. The third-order valence-corrected chi connectivity index (χ3v) is 7.81. The number of rotatable bonds is 4. The summed E-state index contributed by atoms with van der Waals surface area (Å²) in [6.07, 6.45) is -3.11. The number of carbonyl (C=O) groups is 2. The van der Waals surface area contributed by atoms with Crippen molar-refractivity contribution in [2.24, 2.45) is 5.73 Å². The first-order valence-corrected chi connectivity index (χ1v) is 14.2. The second-order valence-electron chi connectivity index (χ2n) is 9.88. The Labute approximate surface area is 218 Å². The molecule has 1 aromatic heterocycles. The number of aromatic nitrogens is 1. The molecule has 15 heteroatoms. The lowest BCUT2D eigenvalue weighted by molar-refractivity contribution is -0.139. The second kappa shape index (κ2) is 11.2. The Bertz CT molecular complexity index is 1140. The molecule has 5 rings (SSSR count). The van der Waals surface area contributed by atoms with E-state index in [1.165, 1.54) is 4.90 Å². The Hall–Kier alpha value is -2.65. The molecule has 0 spiro atoms. The SMILES string of the molecule is CS(=O)(=O)N[C@H]1C[C@@H](CC(N)=O)N2C(=O)OCCOc3ccc(C(F)(F)F)c(n3)C3CCC(CC3)OC[C@@H]12. The monoisotopic (exact) mass is 564 g/mol. The Morgan fingerprint density at radius 3 is 2.50 bits per heavy atom. The van der Waals surface area contributed by atoms with Gasteiger partial charge in [0.15, 0.2) is 0 Å². The maximum Gasteiger partial charge on any atom is 0.418 e. The molecule has 2 amide bonds. The number of amides is 2. The van der Waals surface area contributed by atoms with Gasteiger partial charge in [0, 0.05) is 30.5 Å². The van der Waals surface area contributed by atoms with Gasteiger partial charge in [-0.25, -0.2) is 22.9 Å². The molecule has 0 radical (unpaired) electrons. The topological polar surface area (TPSA) is 150 Å². The Kier molecular flexibility index (Phi) is 8.37. The minimum Gasteiger partial charge on any atom is -0.474 e. The fraction of sp³-hybridized carbons (Fsp3) is 0.696. The number of hydrogen-bond donors (Lipinski definition) is 2. The highest BCUT2D eigenvalue weighted by molar-refractivity contribution is 7.88. The van der Waals surface area contributed by atoms with Gasteiger partial charge in [0.1, 0.15) is 13.2 Å². The van der Waals surface area contributed by atoms with E-state index in [1.54, 1.807) is 0 Å². The van der Waals surface area contributed by atoms with Crippen LogP contribution in [-0.2, 0) is 30.5 Å². The minimum absolute atomic E-state index is 0.0161. The van der Waals surface area contributed by atoms with Crippen molar-refractivity contribution >= 4 is 22.0 Å². The van der Waals surface area contributed by atoms with Crippen LogP contribution >= 0.6 is 0 Å². The van der Waals surface area contributed by atoms with E-state index < -0.39 is 57.8 Å². The van der Waals surface area contributed by atoms with Gasteiger partial charge in [-0.2, -0.15) is 13.2 Å². The van der Waals surface area contributed by atoms with Crippen LogP contribution < -0.4 is 15.2 Å². The number of nitrogens with zero attached hydrogens (tertiary/aromatic N) is 2. The van der Waals surface area contributed by atoms with Gasteiger partial charge in [-0.05, 0) is 38.2 Å². The van der Waals surface area contributed by atoms with Crippen molar-refractivity contribution in [2.75, 3.05) is 26.1 Å². The van der Waals surface area contributed by atoms with Gasteiger partial charge in [-0.15, -0.1) is 0 Å². The smallest absolute Gasteiger partial charge is 0.418 e. The number of primary amides is 1. The van der Waals surface area contributed by atoms with E-state index in [0.717, 1.165) is 18.4 Å². The Morgan fingerprint density at radius 2 is 1.87 bits per heavy atom. The first-order chi connectivity index (χ1) is 17.8. The molecule has 4 bridgehead atoms. The number of hydrogen-bond acceptors (Lipinski definition) is 8. The van der Waals surface area contributed by atoms with Crippen molar-refractivity contribution in [1.29, 1.82) is 0 Å². The van der Waals surface area contributed by atoms with Crippen LogP contribution in [0, 0.1) is 0 Å². The fourth-order valence-electron chi connectivity index (χ4n) is 5.50. The van der Waals surface area contributed by atoms with Crippen LogP contribution in [0.3, 0.4) is 0 Å². The van der Waals surface area contributed by atoms with Crippen molar-refractivity contribution < 1.29 is 45.4 Å². The van der Waals surface area contributed by atoms with Crippen LogP contribution in [-0.4, -0.2) is 80.6 Å². The van der Waals surface area contributed by atoms with E-state index >= 15 is 0 Å². The predicted octanol–water partition coefficient (Wildman–Crippen LogP) is 1.91. The molecular formula is C23H31F3N4O7S. The van der Waals surface area contributed by atoms with E-state index in [0.29, 0.717) is 25.7 Å². The van der Waals surface area contributed by atoms with Crippen LogP contribution in [0.5, 0.6) is 5.88 Å². The molecule has 3 atom stereocenters. The number of pyridine rings is 1. The van der Waals surface area contributed by atoms with Gasteiger partial charge in [0.05, 0.1) is 36.3 Å². The summed E-state index contributed by atoms with van der Waals surface area (Å²) in [6.45, 7) is -0.512. The van der Waals surface area contributed by atoms with Crippen molar-refractivity contribution in [3.63, 3.8) is 0 Å². The summed E-state index contributed by atoms with van der Waals surface area (Å²) in [5.41, 5.74) is 4.50. The molecule has 1 aromatic rings. The van der Waals surface area contributed by atoms with Crippen LogP contribution in [0.15, 0.2) is 12.1 Å². The average molecular weight is 565 g/mol. The lowest BCUT2D eigenvalue weighted by Gasteiger charge is -2.34. The number of ether oxygens (including phenoxy) is 3. The maximum atomic E-state index is 13.7. The van der Waals surface area contributed by atoms with Gasteiger partial charge < -0.3 is 19.9 Å². The summed E-state index contributed by atoms with van der Waals surface area (Å²) >= 11 is 0. The third-order valence-electron chi connectivity index (χ3n) is 7.08. The van der Waals surface area contributed by atoms with Gasteiger partial charge in [-0.3, -0.25) is 9.69 Å². The normalized spacial score (nSPS) is 28.9. The Morgan fingerprint density at radius 1 is 1.18 bits per heavy atom. The molecular weight excluding hydrogens is 533 g/mol. The maximum absolute atomic E-state index is 13.7. The summed E-state index contributed by atoms with van der Waals surface area (Å²) in [6, 6.07) is -0.186.